The fourth-order valence-corrected chi connectivity index (χ4v) is 3.37. The van der Waals surface area contributed by atoms with Crippen molar-refractivity contribution in [2.24, 2.45) is 0 Å². The van der Waals surface area contributed by atoms with Gasteiger partial charge in [0.15, 0.2) is 11.5 Å². The lowest BCUT2D eigenvalue weighted by Crippen LogP contribution is -2.46. The van der Waals surface area contributed by atoms with Crippen LogP contribution in [0.4, 0.5) is 0 Å². The molecule has 2 aromatic rings. The summed E-state index contributed by atoms with van der Waals surface area (Å²) in [4.78, 5) is 12.7. The largest absolute Gasteiger partial charge is 0.367 e. The first-order valence-electron chi connectivity index (χ1n) is 8.41. The normalized spacial score (nSPS) is 21.4. The summed E-state index contributed by atoms with van der Waals surface area (Å²) in [5, 5.41) is 15.0. The number of nitrogens with zero attached hydrogens (tertiary/aromatic N) is 4. The predicted molar refractivity (Wildman–Crippen MR) is 90.2 cm³/mol. The minimum Gasteiger partial charge on any atom is -0.367 e. The minimum atomic E-state index is -0.430. The number of rotatable bonds is 4. The van der Waals surface area contributed by atoms with Crippen molar-refractivity contribution >= 4 is 5.91 Å². The number of amides is 1. The molecule has 1 unspecified atom stereocenters. The van der Waals surface area contributed by atoms with Gasteiger partial charge in [0.05, 0.1) is 28.6 Å². The Morgan fingerprint density at radius 3 is 2.64 bits per heavy atom. The predicted octanol–water partition coefficient (Wildman–Crippen LogP) is 2.01. The summed E-state index contributed by atoms with van der Waals surface area (Å²) in [5.74, 6) is 0.432. The average Bonchev–Trinajstić information content (AvgIpc) is 3.09. The quantitative estimate of drug-likeness (QED) is 0.909. The second-order valence-electron chi connectivity index (χ2n) is 7.81. The minimum absolute atomic E-state index is 0.0866. The van der Waals surface area contributed by atoms with Crippen LogP contribution >= 0.6 is 0 Å². The van der Waals surface area contributed by atoms with E-state index in [1.807, 2.05) is 47.6 Å². The molecule has 1 saturated heterocycles. The van der Waals surface area contributed by atoms with Crippen molar-refractivity contribution in [2.45, 2.75) is 71.8 Å². The molecule has 3 heterocycles. The summed E-state index contributed by atoms with van der Waals surface area (Å²) in [5.41, 5.74) is 1.11. The number of aromatic nitrogens is 4. The van der Waals surface area contributed by atoms with Crippen molar-refractivity contribution < 1.29 is 14.1 Å². The molecular formula is C17H25N5O3. The first-order valence-corrected chi connectivity index (χ1v) is 8.41. The third-order valence-electron chi connectivity index (χ3n) is 4.56. The molecule has 1 amide bonds. The fourth-order valence-electron chi connectivity index (χ4n) is 3.37. The Balaban J connectivity index is 1.73. The van der Waals surface area contributed by atoms with Crippen molar-refractivity contribution in [3.63, 3.8) is 0 Å². The van der Waals surface area contributed by atoms with Crippen molar-refractivity contribution in [3.05, 3.63) is 28.9 Å². The molecule has 25 heavy (non-hydrogen) atoms. The van der Waals surface area contributed by atoms with Crippen LogP contribution in [-0.2, 0) is 11.3 Å². The van der Waals surface area contributed by atoms with Gasteiger partial charge < -0.3 is 14.6 Å². The second kappa shape index (κ2) is 5.94. The van der Waals surface area contributed by atoms with Gasteiger partial charge in [0, 0.05) is 6.07 Å². The summed E-state index contributed by atoms with van der Waals surface area (Å²) in [6, 6.07) is 1.75. The van der Waals surface area contributed by atoms with Crippen LogP contribution in [-0.4, -0.2) is 43.3 Å². The highest BCUT2D eigenvalue weighted by Gasteiger charge is 2.46. The van der Waals surface area contributed by atoms with Gasteiger partial charge in [-0.3, -0.25) is 4.79 Å². The molecular weight excluding hydrogens is 322 g/mol. The molecule has 8 heteroatoms. The maximum absolute atomic E-state index is 12.7. The van der Waals surface area contributed by atoms with Gasteiger partial charge in [0.2, 0.25) is 0 Å². The van der Waals surface area contributed by atoms with E-state index in [1.165, 1.54) is 0 Å². The number of carbonyl (C=O) groups excluding carboxylic acids is 1. The summed E-state index contributed by atoms with van der Waals surface area (Å²) in [6.07, 6.45) is 0.746. The van der Waals surface area contributed by atoms with E-state index in [0.29, 0.717) is 23.7 Å². The average molecular weight is 347 g/mol. The van der Waals surface area contributed by atoms with Gasteiger partial charge in [-0.05, 0) is 48.0 Å². The van der Waals surface area contributed by atoms with Crippen LogP contribution in [0.5, 0.6) is 0 Å². The third kappa shape index (κ3) is 3.58. The van der Waals surface area contributed by atoms with Gasteiger partial charge in [-0.25, -0.2) is 4.68 Å². The number of carbonyl (C=O) groups is 1. The summed E-state index contributed by atoms with van der Waals surface area (Å²) >= 11 is 0. The van der Waals surface area contributed by atoms with Crippen LogP contribution in [0.25, 0.3) is 0 Å². The number of nitrogens with one attached hydrogen (secondary N) is 1. The molecule has 0 aliphatic carbocycles. The highest BCUT2D eigenvalue weighted by Crippen LogP contribution is 2.37. The summed E-state index contributed by atoms with van der Waals surface area (Å²) < 4.78 is 12.9. The summed E-state index contributed by atoms with van der Waals surface area (Å²) in [6.45, 7) is 12.1. The zero-order chi connectivity index (χ0) is 18.4. The van der Waals surface area contributed by atoms with Gasteiger partial charge in [0.25, 0.3) is 5.91 Å². The molecule has 1 N–H and O–H groups in total. The van der Waals surface area contributed by atoms with Crippen molar-refractivity contribution in [3.8, 4) is 0 Å². The zero-order valence-electron chi connectivity index (χ0n) is 15.6. The molecule has 3 rings (SSSR count). The Morgan fingerprint density at radius 2 is 2.08 bits per heavy atom. The molecule has 1 fully saturated rings. The molecule has 8 nitrogen and oxygen atoms in total. The van der Waals surface area contributed by atoms with Gasteiger partial charge >= 0.3 is 0 Å². The van der Waals surface area contributed by atoms with Crippen LogP contribution in [0.2, 0.25) is 0 Å². The Morgan fingerprint density at radius 1 is 1.36 bits per heavy atom. The monoisotopic (exact) mass is 347 g/mol. The topological polar surface area (TPSA) is 95.1 Å². The third-order valence-corrected chi connectivity index (χ3v) is 4.56. The van der Waals surface area contributed by atoms with Crippen LogP contribution in [0, 0.1) is 13.8 Å². The molecule has 0 bridgehead atoms. The van der Waals surface area contributed by atoms with Gasteiger partial charge in [-0.1, -0.05) is 10.4 Å². The molecule has 0 spiro atoms. The lowest BCUT2D eigenvalue weighted by atomic mass is 9.94. The van der Waals surface area contributed by atoms with Gasteiger partial charge in [0.1, 0.15) is 6.54 Å². The molecule has 0 radical (unpaired) electrons. The first kappa shape index (κ1) is 17.6. The SMILES string of the molecule is Cc1cc(Cn2nnc(C(=O)NC3CC(C)(C)OC3(C)C)c2C)on1. The highest BCUT2D eigenvalue weighted by atomic mass is 16.5. The zero-order valence-corrected chi connectivity index (χ0v) is 15.6. The fraction of sp³-hybridized carbons (Fsp3) is 0.647. The lowest BCUT2D eigenvalue weighted by molar-refractivity contribution is -0.0693. The number of hydrogen-bond acceptors (Lipinski definition) is 6. The van der Waals surface area contributed by atoms with E-state index < -0.39 is 5.60 Å². The Bertz CT molecular complexity index is 790. The Labute approximate surface area is 146 Å². The van der Waals surface area contributed by atoms with Crippen LogP contribution < -0.4 is 5.32 Å². The van der Waals surface area contributed by atoms with Crippen molar-refractivity contribution in [1.29, 1.82) is 0 Å². The van der Waals surface area contributed by atoms with E-state index in [-0.39, 0.29) is 17.6 Å². The Hall–Kier alpha value is -2.22. The first-order chi connectivity index (χ1) is 11.6. The van der Waals surface area contributed by atoms with E-state index in [2.05, 4.69) is 20.8 Å². The van der Waals surface area contributed by atoms with E-state index in [1.54, 1.807) is 4.68 Å². The van der Waals surface area contributed by atoms with Gasteiger partial charge in [-0.15, -0.1) is 5.10 Å². The molecule has 0 saturated carbocycles. The second-order valence-corrected chi connectivity index (χ2v) is 7.81. The molecule has 1 aliphatic heterocycles. The van der Waals surface area contributed by atoms with Crippen LogP contribution in [0.3, 0.4) is 0 Å². The smallest absolute Gasteiger partial charge is 0.274 e. The van der Waals surface area contributed by atoms with E-state index in [0.717, 1.165) is 12.1 Å². The Kier molecular flexibility index (Phi) is 4.18. The molecule has 136 valence electrons. The van der Waals surface area contributed by atoms with E-state index in [9.17, 15) is 4.79 Å². The number of hydrogen-bond donors (Lipinski definition) is 1. The number of aryl methyl sites for hydroxylation is 1. The number of ether oxygens (including phenoxy) is 1. The standard InChI is InChI=1S/C17H25N5O3/c1-10-7-12(24-20-10)9-22-11(2)14(19-21-22)15(23)18-13-8-16(3,4)25-17(13,5)6/h7,13H,8-9H2,1-6H3,(H,18,23). The van der Waals surface area contributed by atoms with Crippen molar-refractivity contribution in [2.75, 3.05) is 0 Å². The molecule has 0 aromatic carbocycles. The van der Waals surface area contributed by atoms with Crippen molar-refractivity contribution in [1.82, 2.24) is 25.5 Å². The summed E-state index contributed by atoms with van der Waals surface area (Å²) in [7, 11) is 0. The van der Waals surface area contributed by atoms with E-state index in [4.69, 9.17) is 9.26 Å². The highest BCUT2D eigenvalue weighted by molar-refractivity contribution is 5.93. The maximum atomic E-state index is 12.7. The molecule has 1 atom stereocenters. The molecule has 2 aromatic heterocycles. The maximum Gasteiger partial charge on any atom is 0.274 e. The van der Waals surface area contributed by atoms with E-state index >= 15 is 0 Å². The van der Waals surface area contributed by atoms with Gasteiger partial charge in [-0.2, -0.15) is 0 Å². The van der Waals surface area contributed by atoms with Crippen LogP contribution in [0.15, 0.2) is 10.6 Å². The lowest BCUT2D eigenvalue weighted by Gasteiger charge is -2.27. The van der Waals surface area contributed by atoms with Crippen LogP contribution in [0.1, 0.15) is 61.8 Å². The molecule has 1 aliphatic rings.